The number of ether oxygens (including phenoxy) is 1. The Morgan fingerprint density at radius 1 is 1.11 bits per heavy atom. The molecule has 0 unspecified atom stereocenters. The third-order valence-electron chi connectivity index (χ3n) is 2.48. The van der Waals surface area contributed by atoms with Gasteiger partial charge in [-0.15, -0.1) is 0 Å². The maximum Gasteiger partial charge on any atom is 0.339 e. The number of nitrogens with zero attached hydrogens (tertiary/aromatic N) is 1. The molecule has 0 radical (unpaired) electrons. The minimum absolute atomic E-state index is 0.122. The Hall–Kier alpha value is -2.16. The molecule has 0 aliphatic carbocycles. The maximum atomic E-state index is 12.0. The van der Waals surface area contributed by atoms with Gasteiger partial charge < -0.3 is 4.74 Å². The summed E-state index contributed by atoms with van der Waals surface area (Å²) in [6.07, 6.45) is 3.29. The van der Waals surface area contributed by atoms with E-state index in [1.807, 2.05) is 44.2 Å². The number of hydrogen-bond donors (Lipinski definition) is 0. The lowest BCUT2D eigenvalue weighted by atomic mass is 10.0. The summed E-state index contributed by atoms with van der Waals surface area (Å²) in [5.74, 6) is -0.294. The number of aromatic nitrogens is 1. The number of esters is 1. The van der Waals surface area contributed by atoms with E-state index in [0.29, 0.717) is 5.56 Å². The van der Waals surface area contributed by atoms with Crippen molar-refractivity contribution in [1.82, 2.24) is 4.98 Å². The third-order valence-corrected chi connectivity index (χ3v) is 2.48. The zero-order chi connectivity index (χ0) is 13.0. The van der Waals surface area contributed by atoms with Gasteiger partial charge in [0, 0.05) is 12.4 Å². The van der Waals surface area contributed by atoms with Gasteiger partial charge in [-0.1, -0.05) is 18.2 Å². The lowest BCUT2D eigenvalue weighted by molar-refractivity contribution is 0.0379. The molecule has 3 nitrogen and oxygen atoms in total. The minimum atomic E-state index is -0.294. The third kappa shape index (κ3) is 2.74. The van der Waals surface area contributed by atoms with Gasteiger partial charge >= 0.3 is 5.97 Å². The van der Waals surface area contributed by atoms with E-state index < -0.39 is 0 Å². The van der Waals surface area contributed by atoms with Crippen LogP contribution in [0, 0.1) is 0 Å². The van der Waals surface area contributed by atoms with E-state index in [-0.39, 0.29) is 12.1 Å². The molecule has 0 N–H and O–H groups in total. The van der Waals surface area contributed by atoms with E-state index in [9.17, 15) is 4.79 Å². The second-order valence-electron chi connectivity index (χ2n) is 4.24. The Labute approximate surface area is 106 Å². The van der Waals surface area contributed by atoms with Crippen molar-refractivity contribution in [3.8, 4) is 11.1 Å². The van der Waals surface area contributed by atoms with Crippen LogP contribution in [0.25, 0.3) is 11.1 Å². The molecule has 1 heterocycles. The first-order chi connectivity index (χ1) is 8.68. The molecule has 0 bridgehead atoms. The van der Waals surface area contributed by atoms with Crippen molar-refractivity contribution in [2.75, 3.05) is 0 Å². The van der Waals surface area contributed by atoms with E-state index in [1.54, 1.807) is 18.5 Å². The highest BCUT2D eigenvalue weighted by Gasteiger charge is 2.14. The summed E-state index contributed by atoms with van der Waals surface area (Å²) in [4.78, 5) is 16.0. The highest BCUT2D eigenvalue weighted by molar-refractivity contribution is 5.97. The fourth-order valence-corrected chi connectivity index (χ4v) is 1.72. The van der Waals surface area contributed by atoms with Crippen LogP contribution in [0.5, 0.6) is 0 Å². The van der Waals surface area contributed by atoms with Gasteiger partial charge in [-0.3, -0.25) is 4.98 Å². The number of benzene rings is 1. The Bertz CT molecular complexity index is 535. The van der Waals surface area contributed by atoms with Gasteiger partial charge in [0.05, 0.1) is 11.7 Å². The lowest BCUT2D eigenvalue weighted by Crippen LogP contribution is -2.12. The number of carbonyl (C=O) groups is 1. The van der Waals surface area contributed by atoms with E-state index in [4.69, 9.17) is 4.74 Å². The average molecular weight is 241 g/mol. The van der Waals surface area contributed by atoms with Crippen LogP contribution in [0.3, 0.4) is 0 Å². The van der Waals surface area contributed by atoms with Gasteiger partial charge in [0.15, 0.2) is 0 Å². The van der Waals surface area contributed by atoms with Gasteiger partial charge in [-0.25, -0.2) is 4.79 Å². The van der Waals surface area contributed by atoms with E-state index in [0.717, 1.165) is 11.1 Å². The van der Waals surface area contributed by atoms with Crippen molar-refractivity contribution < 1.29 is 9.53 Å². The van der Waals surface area contributed by atoms with Crippen molar-refractivity contribution in [3.63, 3.8) is 0 Å². The topological polar surface area (TPSA) is 39.2 Å². The fourth-order valence-electron chi connectivity index (χ4n) is 1.72. The van der Waals surface area contributed by atoms with Gasteiger partial charge in [0.2, 0.25) is 0 Å². The quantitative estimate of drug-likeness (QED) is 0.774. The van der Waals surface area contributed by atoms with Crippen LogP contribution in [-0.2, 0) is 4.74 Å². The molecule has 92 valence electrons. The summed E-state index contributed by atoms with van der Waals surface area (Å²) in [6.45, 7) is 3.68. The molecule has 1 aromatic carbocycles. The molecule has 2 rings (SSSR count). The van der Waals surface area contributed by atoms with Crippen molar-refractivity contribution in [1.29, 1.82) is 0 Å². The molecular formula is C15H15NO2. The number of hydrogen-bond acceptors (Lipinski definition) is 3. The monoisotopic (exact) mass is 241 g/mol. The van der Waals surface area contributed by atoms with Crippen LogP contribution in [-0.4, -0.2) is 17.1 Å². The number of pyridine rings is 1. The van der Waals surface area contributed by atoms with Crippen molar-refractivity contribution in [3.05, 3.63) is 54.4 Å². The normalized spacial score (nSPS) is 10.4. The Kier molecular flexibility index (Phi) is 3.72. The van der Waals surface area contributed by atoms with E-state index in [1.165, 1.54) is 0 Å². The summed E-state index contributed by atoms with van der Waals surface area (Å²) >= 11 is 0. The smallest absolute Gasteiger partial charge is 0.339 e. The second kappa shape index (κ2) is 5.45. The van der Waals surface area contributed by atoms with Gasteiger partial charge in [0.1, 0.15) is 0 Å². The Morgan fingerprint density at radius 3 is 2.44 bits per heavy atom. The molecule has 2 aromatic rings. The predicted molar refractivity (Wildman–Crippen MR) is 70.2 cm³/mol. The van der Waals surface area contributed by atoms with Crippen molar-refractivity contribution >= 4 is 5.97 Å². The number of rotatable bonds is 3. The molecule has 0 saturated carbocycles. The lowest BCUT2D eigenvalue weighted by Gasteiger charge is -2.11. The van der Waals surface area contributed by atoms with Crippen LogP contribution in [0.15, 0.2) is 48.8 Å². The first-order valence-electron chi connectivity index (χ1n) is 5.89. The van der Waals surface area contributed by atoms with Crippen LogP contribution >= 0.6 is 0 Å². The molecule has 0 spiro atoms. The molecule has 0 fully saturated rings. The molecular weight excluding hydrogens is 226 g/mol. The highest BCUT2D eigenvalue weighted by atomic mass is 16.5. The molecule has 0 amide bonds. The second-order valence-corrected chi connectivity index (χ2v) is 4.24. The molecule has 0 saturated heterocycles. The fraction of sp³-hybridized carbons (Fsp3) is 0.200. The molecule has 0 atom stereocenters. The molecule has 3 heteroatoms. The first-order valence-corrected chi connectivity index (χ1v) is 5.89. The predicted octanol–water partition coefficient (Wildman–Crippen LogP) is 3.31. The summed E-state index contributed by atoms with van der Waals surface area (Å²) < 4.78 is 5.24. The molecule has 18 heavy (non-hydrogen) atoms. The average Bonchev–Trinajstić information content (AvgIpc) is 2.39. The summed E-state index contributed by atoms with van der Waals surface area (Å²) in [5.41, 5.74) is 2.41. The van der Waals surface area contributed by atoms with Gasteiger partial charge in [0.25, 0.3) is 0 Å². The minimum Gasteiger partial charge on any atom is -0.459 e. The molecule has 1 aromatic heterocycles. The first kappa shape index (κ1) is 12.3. The van der Waals surface area contributed by atoms with Crippen LogP contribution in [0.1, 0.15) is 24.2 Å². The highest BCUT2D eigenvalue weighted by Crippen LogP contribution is 2.23. The Morgan fingerprint density at radius 2 is 1.78 bits per heavy atom. The summed E-state index contributed by atoms with van der Waals surface area (Å²) in [6, 6.07) is 11.2. The summed E-state index contributed by atoms with van der Waals surface area (Å²) in [5, 5.41) is 0. The van der Waals surface area contributed by atoms with E-state index >= 15 is 0 Å². The molecule has 0 aliphatic heterocycles. The number of carbonyl (C=O) groups excluding carboxylic acids is 1. The van der Waals surface area contributed by atoms with Crippen LogP contribution in [0.2, 0.25) is 0 Å². The van der Waals surface area contributed by atoms with Crippen LogP contribution < -0.4 is 0 Å². The largest absolute Gasteiger partial charge is 0.459 e. The van der Waals surface area contributed by atoms with Crippen molar-refractivity contribution in [2.45, 2.75) is 20.0 Å². The standard InChI is InChI=1S/C15H15NO2/c1-11(2)18-15(17)14-6-4-3-5-13(14)12-7-9-16-10-8-12/h3-11H,1-2H3. The Balaban J connectivity index is 2.41. The van der Waals surface area contributed by atoms with Crippen molar-refractivity contribution in [2.24, 2.45) is 0 Å². The SMILES string of the molecule is CC(C)OC(=O)c1ccccc1-c1ccncc1. The zero-order valence-corrected chi connectivity index (χ0v) is 10.5. The molecule has 0 aliphatic rings. The summed E-state index contributed by atoms with van der Waals surface area (Å²) in [7, 11) is 0. The van der Waals surface area contributed by atoms with E-state index in [2.05, 4.69) is 4.98 Å². The van der Waals surface area contributed by atoms with Crippen LogP contribution in [0.4, 0.5) is 0 Å². The zero-order valence-electron chi connectivity index (χ0n) is 10.5. The maximum absolute atomic E-state index is 12.0. The van der Waals surface area contributed by atoms with Gasteiger partial charge in [-0.05, 0) is 43.2 Å². The van der Waals surface area contributed by atoms with Gasteiger partial charge in [-0.2, -0.15) is 0 Å².